The number of nitro groups is 1. The summed E-state index contributed by atoms with van der Waals surface area (Å²) < 4.78 is 13.0. The van der Waals surface area contributed by atoms with Gasteiger partial charge in [0, 0.05) is 17.1 Å². The van der Waals surface area contributed by atoms with Crippen molar-refractivity contribution in [1.82, 2.24) is 15.4 Å². The molecule has 1 aromatic heterocycles. The maximum absolute atomic E-state index is 13.0. The van der Waals surface area contributed by atoms with Crippen LogP contribution in [-0.4, -0.2) is 20.8 Å². The van der Waals surface area contributed by atoms with Crippen LogP contribution in [-0.2, 0) is 6.54 Å². The van der Waals surface area contributed by atoms with Gasteiger partial charge in [-0.25, -0.2) is 14.4 Å². The van der Waals surface area contributed by atoms with Crippen molar-refractivity contribution in [2.45, 2.75) is 6.54 Å². The quantitative estimate of drug-likeness (QED) is 0.397. The Balaban J connectivity index is 1.73. The lowest BCUT2D eigenvalue weighted by molar-refractivity contribution is -0.383. The van der Waals surface area contributed by atoms with Crippen molar-refractivity contribution in [1.29, 1.82) is 0 Å². The molecule has 29 heavy (non-hydrogen) atoms. The van der Waals surface area contributed by atoms with Gasteiger partial charge in [-0.1, -0.05) is 23.7 Å². The number of amides is 1. The van der Waals surface area contributed by atoms with Crippen molar-refractivity contribution in [2.75, 3.05) is 10.7 Å². The van der Waals surface area contributed by atoms with Crippen LogP contribution in [0.1, 0.15) is 15.9 Å². The average molecular weight is 417 g/mol. The summed E-state index contributed by atoms with van der Waals surface area (Å²) in [5, 5.41) is 14.8. The second-order valence-electron chi connectivity index (χ2n) is 5.74. The average Bonchev–Trinajstić information content (AvgIpc) is 2.72. The summed E-state index contributed by atoms with van der Waals surface area (Å²) in [6, 6.07) is 11.7. The summed E-state index contributed by atoms with van der Waals surface area (Å²) in [4.78, 5) is 30.7. The topological polar surface area (TPSA) is 122 Å². The molecule has 0 bridgehead atoms. The Bertz CT molecular complexity index is 1030. The summed E-state index contributed by atoms with van der Waals surface area (Å²) in [5.41, 5.74) is 5.33. The molecule has 0 saturated heterocycles. The smallest absolute Gasteiger partial charge is 0.354 e. The summed E-state index contributed by atoms with van der Waals surface area (Å²) >= 11 is 5.78. The molecule has 0 fully saturated rings. The highest BCUT2D eigenvalue weighted by Crippen LogP contribution is 2.28. The minimum absolute atomic E-state index is 0.0578. The van der Waals surface area contributed by atoms with Crippen LogP contribution >= 0.6 is 11.6 Å². The fourth-order valence-corrected chi connectivity index (χ4v) is 2.48. The summed E-state index contributed by atoms with van der Waals surface area (Å²) in [5.74, 6) is -1.17. The zero-order chi connectivity index (χ0) is 20.8. The van der Waals surface area contributed by atoms with Crippen LogP contribution in [0.3, 0.4) is 0 Å². The molecule has 11 heteroatoms. The van der Waals surface area contributed by atoms with Crippen molar-refractivity contribution in [2.24, 2.45) is 0 Å². The molecule has 0 radical (unpaired) electrons. The highest BCUT2D eigenvalue weighted by atomic mass is 35.5. The van der Waals surface area contributed by atoms with Gasteiger partial charge in [0.05, 0.1) is 4.92 Å². The fourth-order valence-electron chi connectivity index (χ4n) is 2.35. The van der Waals surface area contributed by atoms with Gasteiger partial charge in [0.2, 0.25) is 11.6 Å². The van der Waals surface area contributed by atoms with Crippen LogP contribution in [0.5, 0.6) is 0 Å². The van der Waals surface area contributed by atoms with E-state index in [1.165, 1.54) is 24.3 Å². The maximum Gasteiger partial charge on any atom is 0.354 e. The third kappa shape index (κ3) is 5.14. The molecule has 3 aromatic rings. The summed E-state index contributed by atoms with van der Waals surface area (Å²) in [7, 11) is 0. The van der Waals surface area contributed by atoms with Gasteiger partial charge in [-0.2, -0.15) is 0 Å². The number of nitrogens with zero attached hydrogens (tertiary/aromatic N) is 3. The number of aromatic nitrogens is 2. The molecule has 2 aromatic carbocycles. The van der Waals surface area contributed by atoms with Crippen LogP contribution in [0.4, 0.5) is 21.7 Å². The van der Waals surface area contributed by atoms with Crippen molar-refractivity contribution in [3.63, 3.8) is 0 Å². The van der Waals surface area contributed by atoms with E-state index in [-0.39, 0.29) is 24.0 Å². The maximum atomic E-state index is 13.0. The Morgan fingerprint density at radius 2 is 1.72 bits per heavy atom. The molecular weight excluding hydrogens is 403 g/mol. The lowest BCUT2D eigenvalue weighted by Gasteiger charge is -2.11. The van der Waals surface area contributed by atoms with Crippen molar-refractivity contribution >= 4 is 34.8 Å². The van der Waals surface area contributed by atoms with Crippen LogP contribution in [0.15, 0.2) is 54.9 Å². The first-order valence-corrected chi connectivity index (χ1v) is 8.61. The molecule has 0 unspecified atom stereocenters. The zero-order valence-electron chi connectivity index (χ0n) is 14.7. The lowest BCUT2D eigenvalue weighted by Crippen LogP contribution is -2.30. The monoisotopic (exact) mass is 416 g/mol. The molecular formula is C18H14ClFN6O3. The first-order valence-electron chi connectivity index (χ1n) is 8.23. The normalized spacial score (nSPS) is 10.3. The number of carbonyl (C=O) groups is 1. The Labute approximate surface area is 169 Å². The van der Waals surface area contributed by atoms with E-state index >= 15 is 0 Å². The Morgan fingerprint density at radius 1 is 1.07 bits per heavy atom. The van der Waals surface area contributed by atoms with Crippen LogP contribution in [0, 0.1) is 15.9 Å². The molecule has 0 aliphatic heterocycles. The third-order valence-electron chi connectivity index (χ3n) is 3.78. The lowest BCUT2D eigenvalue weighted by atomic mass is 10.2. The molecule has 0 spiro atoms. The molecule has 0 aliphatic rings. The van der Waals surface area contributed by atoms with Gasteiger partial charge < -0.3 is 5.32 Å². The Hall–Kier alpha value is -3.79. The molecule has 3 N–H and O–H groups in total. The van der Waals surface area contributed by atoms with Gasteiger partial charge in [-0.05, 0) is 42.0 Å². The van der Waals surface area contributed by atoms with Gasteiger partial charge >= 0.3 is 5.69 Å². The van der Waals surface area contributed by atoms with Gasteiger partial charge in [0.1, 0.15) is 12.1 Å². The van der Waals surface area contributed by atoms with E-state index < -0.39 is 16.5 Å². The number of hydrogen-bond donors (Lipinski definition) is 3. The summed E-state index contributed by atoms with van der Waals surface area (Å²) in [6.07, 6.45) is 1.11. The summed E-state index contributed by atoms with van der Waals surface area (Å²) in [6.45, 7) is 0.175. The van der Waals surface area contributed by atoms with Gasteiger partial charge in [-0.3, -0.25) is 25.8 Å². The number of carbonyl (C=O) groups excluding carboxylic acids is 1. The van der Waals surface area contributed by atoms with Gasteiger partial charge in [0.15, 0.2) is 0 Å². The number of nitrogens with one attached hydrogen (secondary N) is 3. The van der Waals surface area contributed by atoms with Crippen molar-refractivity contribution in [3.8, 4) is 0 Å². The highest BCUT2D eigenvalue weighted by molar-refractivity contribution is 6.30. The number of rotatable bonds is 7. The first-order chi connectivity index (χ1) is 13.9. The molecule has 1 amide bonds. The van der Waals surface area contributed by atoms with Crippen LogP contribution in [0.25, 0.3) is 0 Å². The standard InChI is InChI=1S/C18H14ClFN6O3/c19-13-5-3-12(4-6-13)18(27)25-24-17-15(26(28)29)16(22-10-23-17)21-9-11-1-7-14(20)8-2-11/h1-8,10H,9H2,(H,25,27)(H2,21,22,23,24). The largest absolute Gasteiger partial charge is 0.360 e. The van der Waals surface area contributed by atoms with Crippen molar-refractivity contribution in [3.05, 3.63) is 86.9 Å². The van der Waals surface area contributed by atoms with E-state index in [1.807, 2.05) is 0 Å². The predicted octanol–water partition coefficient (Wildman–Crippen LogP) is 3.55. The molecule has 0 atom stereocenters. The van der Waals surface area contributed by atoms with Gasteiger partial charge in [-0.15, -0.1) is 0 Å². The molecule has 3 rings (SSSR count). The number of hydrazine groups is 1. The minimum Gasteiger partial charge on any atom is -0.360 e. The zero-order valence-corrected chi connectivity index (χ0v) is 15.5. The first kappa shape index (κ1) is 20.0. The van der Waals surface area contributed by atoms with Crippen LogP contribution in [0.2, 0.25) is 5.02 Å². The molecule has 0 saturated carbocycles. The minimum atomic E-state index is -0.677. The van der Waals surface area contributed by atoms with Gasteiger partial charge in [0.25, 0.3) is 5.91 Å². The van der Waals surface area contributed by atoms with Crippen molar-refractivity contribution < 1.29 is 14.1 Å². The highest BCUT2D eigenvalue weighted by Gasteiger charge is 2.23. The second kappa shape index (κ2) is 8.93. The molecule has 0 aliphatic carbocycles. The van der Waals surface area contributed by atoms with E-state index in [0.717, 1.165) is 6.33 Å². The van der Waals surface area contributed by atoms with E-state index in [0.29, 0.717) is 16.1 Å². The molecule has 148 valence electrons. The van der Waals surface area contributed by atoms with E-state index in [2.05, 4.69) is 26.1 Å². The SMILES string of the molecule is O=C(NNc1ncnc(NCc2ccc(F)cc2)c1[N+](=O)[O-])c1ccc(Cl)cc1. The Morgan fingerprint density at radius 3 is 2.38 bits per heavy atom. The number of hydrogen-bond acceptors (Lipinski definition) is 7. The number of benzene rings is 2. The predicted molar refractivity (Wildman–Crippen MR) is 105 cm³/mol. The fraction of sp³-hybridized carbons (Fsp3) is 0.0556. The third-order valence-corrected chi connectivity index (χ3v) is 4.03. The number of anilines is 2. The molecule has 9 nitrogen and oxygen atoms in total. The number of halogens is 2. The van der Waals surface area contributed by atoms with E-state index in [9.17, 15) is 19.3 Å². The van der Waals surface area contributed by atoms with Crippen LogP contribution < -0.4 is 16.2 Å². The van der Waals surface area contributed by atoms with E-state index in [4.69, 9.17) is 11.6 Å². The second-order valence-corrected chi connectivity index (χ2v) is 6.18. The Kier molecular flexibility index (Phi) is 6.15. The van der Waals surface area contributed by atoms with E-state index in [1.54, 1.807) is 24.3 Å². The molecule has 1 heterocycles.